The molecule has 0 aliphatic rings. The van der Waals surface area contributed by atoms with E-state index >= 15 is 0 Å². The van der Waals surface area contributed by atoms with Crippen LogP contribution in [0, 0.1) is 5.92 Å². The van der Waals surface area contributed by atoms with E-state index in [0.717, 1.165) is 5.56 Å². The minimum atomic E-state index is -0.451. The number of hydrogen-bond acceptors (Lipinski definition) is 3. The molecule has 26 heavy (non-hydrogen) atoms. The van der Waals surface area contributed by atoms with Gasteiger partial charge in [-0.05, 0) is 47.9 Å². The average molecular weight is 394 g/mol. The molecule has 1 atom stereocenters. The molecule has 138 valence electrons. The first-order valence-corrected chi connectivity index (χ1v) is 9.20. The van der Waals surface area contributed by atoms with Gasteiger partial charge in [0.15, 0.2) is 0 Å². The quantitative estimate of drug-likeness (QED) is 0.548. The summed E-state index contributed by atoms with van der Waals surface area (Å²) in [6.45, 7) is 4.00. The zero-order valence-corrected chi connectivity index (χ0v) is 16.2. The van der Waals surface area contributed by atoms with Gasteiger partial charge in [-0.3, -0.25) is 4.79 Å². The molecule has 1 unspecified atom stereocenters. The highest BCUT2D eigenvalue weighted by Crippen LogP contribution is 2.12. The van der Waals surface area contributed by atoms with Crippen molar-refractivity contribution in [2.75, 3.05) is 6.61 Å². The van der Waals surface area contributed by atoms with Gasteiger partial charge >= 0.3 is 5.97 Å². The fourth-order valence-corrected chi connectivity index (χ4v) is 2.54. The highest BCUT2D eigenvalue weighted by atomic mass is 35.5. The number of rotatable bonds is 7. The molecule has 6 heteroatoms. The second-order valence-corrected chi connectivity index (χ2v) is 6.96. The third-order valence-electron chi connectivity index (χ3n) is 3.97. The lowest BCUT2D eigenvalue weighted by molar-refractivity contribution is 0.0431. The van der Waals surface area contributed by atoms with Gasteiger partial charge in [0.05, 0.1) is 11.6 Å². The van der Waals surface area contributed by atoms with E-state index in [9.17, 15) is 9.59 Å². The monoisotopic (exact) mass is 393 g/mol. The van der Waals surface area contributed by atoms with E-state index in [-0.39, 0.29) is 24.5 Å². The highest BCUT2D eigenvalue weighted by molar-refractivity contribution is 6.30. The second kappa shape index (κ2) is 9.60. The molecule has 0 fully saturated rings. The Kier molecular flexibility index (Phi) is 7.49. The first-order valence-electron chi connectivity index (χ1n) is 8.29. The Morgan fingerprint density at radius 1 is 1.00 bits per heavy atom. The average Bonchev–Trinajstić information content (AvgIpc) is 2.65. The molecule has 2 aromatic carbocycles. The fraction of sp³-hybridized carbons (Fsp3) is 0.300. The number of ether oxygens (including phenoxy) is 1. The van der Waals surface area contributed by atoms with Crippen LogP contribution in [0.25, 0.3) is 0 Å². The summed E-state index contributed by atoms with van der Waals surface area (Å²) in [5.74, 6) is -0.170. The maximum absolute atomic E-state index is 12.4. The van der Waals surface area contributed by atoms with Gasteiger partial charge in [0.25, 0.3) is 5.91 Å². The maximum Gasteiger partial charge on any atom is 0.338 e. The Balaban J connectivity index is 1.96. The van der Waals surface area contributed by atoms with Crippen molar-refractivity contribution in [1.29, 1.82) is 0 Å². The number of halogens is 2. The molecule has 0 radical (unpaired) electrons. The van der Waals surface area contributed by atoms with E-state index in [1.54, 1.807) is 36.4 Å². The van der Waals surface area contributed by atoms with Gasteiger partial charge in [-0.25, -0.2) is 4.79 Å². The van der Waals surface area contributed by atoms with E-state index in [2.05, 4.69) is 5.32 Å². The Labute approximate surface area is 163 Å². The summed E-state index contributed by atoms with van der Waals surface area (Å²) in [5.41, 5.74) is 1.90. The molecule has 0 saturated carbocycles. The predicted molar refractivity (Wildman–Crippen MR) is 104 cm³/mol. The summed E-state index contributed by atoms with van der Waals surface area (Å²) in [6.07, 6.45) is 0. The minimum Gasteiger partial charge on any atom is -0.460 e. The first kappa shape index (κ1) is 20.3. The van der Waals surface area contributed by atoms with E-state index in [0.29, 0.717) is 22.0 Å². The molecule has 0 aromatic heterocycles. The summed E-state index contributed by atoms with van der Waals surface area (Å²) < 4.78 is 5.35. The van der Waals surface area contributed by atoms with Gasteiger partial charge in [-0.1, -0.05) is 37.6 Å². The van der Waals surface area contributed by atoms with Gasteiger partial charge in [0.2, 0.25) is 0 Å². The Morgan fingerprint density at radius 3 is 2.12 bits per heavy atom. The lowest BCUT2D eigenvalue weighted by Gasteiger charge is -2.22. The molecule has 4 nitrogen and oxygen atoms in total. The van der Waals surface area contributed by atoms with Crippen molar-refractivity contribution in [2.45, 2.75) is 25.8 Å². The molecule has 0 bridgehead atoms. The fourth-order valence-electron chi connectivity index (χ4n) is 2.23. The minimum absolute atomic E-state index is 0.0879. The topological polar surface area (TPSA) is 55.4 Å². The smallest absolute Gasteiger partial charge is 0.338 e. The standard InChI is InChI=1S/C20H21Cl2NO3/c1-13(2)18(12-26-20(25)16-7-9-17(22)10-8-16)23-19(24)15-5-3-14(11-21)4-6-15/h3-10,13,18H,11-12H2,1-2H3,(H,23,24). The lowest BCUT2D eigenvalue weighted by atomic mass is 10.0. The number of nitrogens with one attached hydrogen (secondary N) is 1. The van der Waals surface area contributed by atoms with Crippen LogP contribution in [0.2, 0.25) is 5.02 Å². The molecular formula is C20H21Cl2NO3. The summed E-state index contributed by atoms with van der Waals surface area (Å²) in [6, 6.07) is 13.2. The second-order valence-electron chi connectivity index (χ2n) is 6.26. The van der Waals surface area contributed by atoms with Gasteiger partial charge in [-0.2, -0.15) is 0 Å². The molecule has 0 spiro atoms. The van der Waals surface area contributed by atoms with Gasteiger partial charge < -0.3 is 10.1 Å². The Bertz CT molecular complexity index is 743. The molecule has 0 saturated heterocycles. The molecule has 2 rings (SSSR count). The number of carbonyl (C=O) groups is 2. The number of carbonyl (C=O) groups excluding carboxylic acids is 2. The van der Waals surface area contributed by atoms with E-state index in [4.69, 9.17) is 27.9 Å². The summed E-state index contributed by atoms with van der Waals surface area (Å²) >= 11 is 11.6. The molecular weight excluding hydrogens is 373 g/mol. The van der Waals surface area contributed by atoms with Crippen LogP contribution in [-0.4, -0.2) is 24.5 Å². The largest absolute Gasteiger partial charge is 0.460 e. The van der Waals surface area contributed by atoms with Gasteiger partial charge in [0.1, 0.15) is 6.61 Å². The number of esters is 1. The van der Waals surface area contributed by atoms with Crippen molar-refractivity contribution in [3.8, 4) is 0 Å². The third kappa shape index (κ3) is 5.75. The highest BCUT2D eigenvalue weighted by Gasteiger charge is 2.20. The summed E-state index contributed by atoms with van der Waals surface area (Å²) in [4.78, 5) is 24.5. The van der Waals surface area contributed by atoms with Crippen LogP contribution >= 0.6 is 23.2 Å². The van der Waals surface area contributed by atoms with Crippen LogP contribution in [0.3, 0.4) is 0 Å². The van der Waals surface area contributed by atoms with E-state index in [1.807, 2.05) is 26.0 Å². The molecule has 1 amide bonds. The zero-order valence-electron chi connectivity index (χ0n) is 14.7. The normalized spacial score (nSPS) is 11.9. The number of alkyl halides is 1. The van der Waals surface area contributed by atoms with Crippen LogP contribution in [-0.2, 0) is 10.6 Å². The van der Waals surface area contributed by atoms with Crippen LogP contribution in [0.5, 0.6) is 0 Å². The molecule has 0 heterocycles. The maximum atomic E-state index is 12.4. The van der Waals surface area contributed by atoms with Crippen molar-refractivity contribution >= 4 is 35.1 Å². The Hall–Kier alpha value is -2.04. The Morgan fingerprint density at radius 2 is 1.58 bits per heavy atom. The summed E-state index contributed by atoms with van der Waals surface area (Å²) in [7, 11) is 0. The lowest BCUT2D eigenvalue weighted by Crippen LogP contribution is -2.42. The van der Waals surface area contributed by atoms with E-state index < -0.39 is 5.97 Å². The van der Waals surface area contributed by atoms with Gasteiger partial charge in [0, 0.05) is 16.5 Å². The molecule has 0 aliphatic carbocycles. The molecule has 0 aliphatic heterocycles. The van der Waals surface area contributed by atoms with Crippen LogP contribution in [0.1, 0.15) is 40.1 Å². The molecule has 2 aromatic rings. The molecule has 1 N–H and O–H groups in total. The van der Waals surface area contributed by atoms with Crippen molar-refractivity contribution in [1.82, 2.24) is 5.32 Å². The van der Waals surface area contributed by atoms with Crippen LogP contribution in [0.4, 0.5) is 0 Å². The first-order chi connectivity index (χ1) is 12.4. The van der Waals surface area contributed by atoms with Crippen molar-refractivity contribution < 1.29 is 14.3 Å². The van der Waals surface area contributed by atoms with Crippen molar-refractivity contribution in [2.24, 2.45) is 5.92 Å². The number of amides is 1. The van der Waals surface area contributed by atoms with E-state index in [1.165, 1.54) is 0 Å². The SMILES string of the molecule is CC(C)C(COC(=O)c1ccc(Cl)cc1)NC(=O)c1ccc(CCl)cc1. The van der Waals surface area contributed by atoms with Gasteiger partial charge in [-0.15, -0.1) is 11.6 Å². The third-order valence-corrected chi connectivity index (χ3v) is 4.53. The number of benzene rings is 2. The summed E-state index contributed by atoms with van der Waals surface area (Å²) in [5, 5.41) is 3.47. The van der Waals surface area contributed by atoms with Crippen LogP contribution in [0.15, 0.2) is 48.5 Å². The zero-order chi connectivity index (χ0) is 19.1. The van der Waals surface area contributed by atoms with Crippen molar-refractivity contribution in [3.05, 3.63) is 70.2 Å². The predicted octanol–water partition coefficient (Wildman–Crippen LogP) is 4.69. The van der Waals surface area contributed by atoms with Crippen LogP contribution < -0.4 is 5.32 Å². The number of hydrogen-bond donors (Lipinski definition) is 1. The van der Waals surface area contributed by atoms with Crippen molar-refractivity contribution in [3.63, 3.8) is 0 Å².